The van der Waals surface area contributed by atoms with E-state index in [9.17, 15) is 4.79 Å². The van der Waals surface area contributed by atoms with E-state index in [4.69, 9.17) is 5.11 Å². The summed E-state index contributed by atoms with van der Waals surface area (Å²) < 4.78 is 1.84. The zero-order chi connectivity index (χ0) is 19.3. The van der Waals surface area contributed by atoms with E-state index in [1.807, 2.05) is 11.7 Å². The summed E-state index contributed by atoms with van der Waals surface area (Å²) in [5.74, 6) is 3.45. The van der Waals surface area contributed by atoms with E-state index in [2.05, 4.69) is 20.2 Å². The van der Waals surface area contributed by atoms with E-state index in [1.54, 1.807) is 6.20 Å². The van der Waals surface area contributed by atoms with Gasteiger partial charge in [-0.2, -0.15) is 5.10 Å². The molecule has 154 valence electrons. The zero-order valence-corrected chi connectivity index (χ0v) is 16.9. The second-order valence-corrected chi connectivity index (χ2v) is 9.71. The summed E-state index contributed by atoms with van der Waals surface area (Å²) in [5.41, 5.74) is 0.743. The highest BCUT2D eigenvalue weighted by atomic mass is 16.3. The molecule has 4 bridgehead atoms. The Hall–Kier alpha value is -1.60. The molecule has 1 aliphatic heterocycles. The number of carbonyl (C=O) groups excluding carboxylic acids is 1. The minimum atomic E-state index is 0.0266. The zero-order valence-electron chi connectivity index (χ0n) is 16.9. The number of aryl methyl sites for hydroxylation is 1. The minimum Gasteiger partial charge on any atom is -0.395 e. The van der Waals surface area contributed by atoms with Gasteiger partial charge in [0.05, 0.1) is 12.8 Å². The van der Waals surface area contributed by atoms with Gasteiger partial charge in [0.2, 0.25) is 0 Å². The van der Waals surface area contributed by atoms with Crippen LogP contribution < -0.4 is 10.2 Å². The van der Waals surface area contributed by atoms with Crippen molar-refractivity contribution in [3.05, 3.63) is 11.8 Å². The van der Waals surface area contributed by atoms with Gasteiger partial charge in [0.15, 0.2) is 0 Å². The van der Waals surface area contributed by atoms with Gasteiger partial charge in [-0.3, -0.25) is 14.4 Å². The molecule has 4 aliphatic carbocycles. The van der Waals surface area contributed by atoms with Gasteiger partial charge in [-0.15, -0.1) is 0 Å². The van der Waals surface area contributed by atoms with Crippen LogP contribution in [0.5, 0.6) is 0 Å². The van der Waals surface area contributed by atoms with E-state index >= 15 is 0 Å². The van der Waals surface area contributed by atoms with Gasteiger partial charge in [-0.25, -0.2) is 0 Å². The number of carbonyl (C=O) groups is 1. The lowest BCUT2D eigenvalue weighted by Gasteiger charge is -2.56. The Morgan fingerprint density at radius 1 is 1.14 bits per heavy atom. The number of hydrogen-bond donors (Lipinski definition) is 2. The first-order valence-electron chi connectivity index (χ1n) is 11.0. The number of β-amino-alcohol motifs (C(OH)–C–C–N with tert-alkyl or cyclic N) is 1. The highest BCUT2D eigenvalue weighted by molar-refractivity contribution is 5.99. The van der Waals surface area contributed by atoms with Crippen molar-refractivity contribution in [2.24, 2.45) is 24.8 Å². The predicted octanol–water partition coefficient (Wildman–Crippen LogP) is 1.23. The van der Waals surface area contributed by atoms with E-state index < -0.39 is 0 Å². The van der Waals surface area contributed by atoms with Crippen LogP contribution in [0.4, 0.5) is 5.82 Å². The average molecular weight is 388 g/mol. The van der Waals surface area contributed by atoms with Crippen LogP contribution in [-0.4, -0.2) is 70.6 Å². The molecule has 5 fully saturated rings. The molecule has 0 aromatic carbocycles. The summed E-state index contributed by atoms with van der Waals surface area (Å²) in [7, 11) is 1.93. The molecule has 1 aromatic rings. The van der Waals surface area contributed by atoms with Crippen molar-refractivity contribution in [2.45, 2.75) is 44.1 Å². The number of hydrogen-bond acceptors (Lipinski definition) is 5. The van der Waals surface area contributed by atoms with Crippen LogP contribution >= 0.6 is 0 Å². The van der Waals surface area contributed by atoms with Crippen LogP contribution in [0, 0.1) is 17.8 Å². The van der Waals surface area contributed by atoms with Crippen LogP contribution in [0.15, 0.2) is 6.20 Å². The number of aliphatic hydroxyl groups is 1. The molecule has 0 radical (unpaired) electrons. The van der Waals surface area contributed by atoms with E-state index in [-0.39, 0.29) is 18.1 Å². The highest BCUT2D eigenvalue weighted by Crippen LogP contribution is 2.55. The molecule has 7 heteroatoms. The number of nitrogens with one attached hydrogen (secondary N) is 1. The van der Waals surface area contributed by atoms with Crippen LogP contribution in [0.1, 0.15) is 48.9 Å². The number of piperazine rings is 1. The summed E-state index contributed by atoms with van der Waals surface area (Å²) in [6, 6.07) is 0. The second kappa shape index (κ2) is 7.02. The molecule has 5 aliphatic rings. The number of amides is 1. The number of nitrogens with zero attached hydrogens (tertiary/aromatic N) is 4. The van der Waals surface area contributed by atoms with Gasteiger partial charge >= 0.3 is 0 Å². The first kappa shape index (κ1) is 18.4. The highest BCUT2D eigenvalue weighted by Gasteiger charge is 2.51. The fourth-order valence-electron chi connectivity index (χ4n) is 6.86. The van der Waals surface area contributed by atoms with Gasteiger partial charge in [-0.1, -0.05) is 0 Å². The Bertz CT molecular complexity index is 702. The molecule has 1 aromatic heterocycles. The SMILES string of the molecule is Cn1ncc(C(=O)NC23CC4CC(CC(C4)C2)C3)c1N1CCN(CCO)CC1. The molecule has 4 saturated carbocycles. The molecule has 1 saturated heterocycles. The molecule has 7 nitrogen and oxygen atoms in total. The topological polar surface area (TPSA) is 73.6 Å². The van der Waals surface area contributed by atoms with E-state index in [0.717, 1.165) is 56.3 Å². The smallest absolute Gasteiger partial charge is 0.257 e. The Balaban J connectivity index is 1.31. The Kier molecular flexibility index (Phi) is 4.62. The number of aromatic nitrogens is 2. The van der Waals surface area contributed by atoms with Crippen LogP contribution in [0.25, 0.3) is 0 Å². The predicted molar refractivity (Wildman–Crippen MR) is 107 cm³/mol. The van der Waals surface area contributed by atoms with E-state index in [0.29, 0.717) is 5.56 Å². The maximum Gasteiger partial charge on any atom is 0.257 e. The maximum atomic E-state index is 13.3. The third-order valence-corrected chi connectivity index (χ3v) is 7.66. The quantitative estimate of drug-likeness (QED) is 0.795. The van der Waals surface area contributed by atoms with Crippen molar-refractivity contribution in [1.82, 2.24) is 20.0 Å². The number of rotatable bonds is 5. The Morgan fingerprint density at radius 3 is 2.32 bits per heavy atom. The molecular weight excluding hydrogens is 354 g/mol. The monoisotopic (exact) mass is 387 g/mol. The van der Waals surface area contributed by atoms with Gasteiger partial charge < -0.3 is 15.3 Å². The van der Waals surface area contributed by atoms with Crippen LogP contribution in [0.3, 0.4) is 0 Å². The van der Waals surface area contributed by atoms with Crippen molar-refractivity contribution in [3.63, 3.8) is 0 Å². The lowest BCUT2D eigenvalue weighted by Crippen LogP contribution is -2.60. The number of aliphatic hydroxyl groups excluding tert-OH is 1. The Morgan fingerprint density at radius 2 is 1.75 bits per heavy atom. The molecule has 0 spiro atoms. The normalized spacial score (nSPS) is 34.8. The van der Waals surface area contributed by atoms with Crippen LogP contribution in [0.2, 0.25) is 0 Å². The first-order chi connectivity index (χ1) is 13.5. The average Bonchev–Trinajstić information content (AvgIpc) is 3.03. The van der Waals surface area contributed by atoms with Gasteiger partial charge in [0.1, 0.15) is 11.4 Å². The lowest BCUT2D eigenvalue weighted by atomic mass is 9.53. The third kappa shape index (κ3) is 3.22. The van der Waals surface area contributed by atoms with Crippen molar-refractivity contribution < 1.29 is 9.90 Å². The molecule has 28 heavy (non-hydrogen) atoms. The van der Waals surface area contributed by atoms with Crippen molar-refractivity contribution >= 4 is 11.7 Å². The van der Waals surface area contributed by atoms with Crippen molar-refractivity contribution in [2.75, 3.05) is 44.2 Å². The maximum absolute atomic E-state index is 13.3. The molecule has 6 rings (SSSR count). The molecule has 1 amide bonds. The van der Waals surface area contributed by atoms with E-state index in [1.165, 1.54) is 38.5 Å². The second-order valence-electron chi connectivity index (χ2n) is 9.71. The summed E-state index contributed by atoms with van der Waals surface area (Å²) >= 11 is 0. The van der Waals surface area contributed by atoms with Gasteiger partial charge in [0.25, 0.3) is 5.91 Å². The van der Waals surface area contributed by atoms with Crippen molar-refractivity contribution in [1.29, 1.82) is 0 Å². The van der Waals surface area contributed by atoms with Crippen LogP contribution in [-0.2, 0) is 7.05 Å². The first-order valence-corrected chi connectivity index (χ1v) is 11.0. The minimum absolute atomic E-state index is 0.0266. The molecule has 0 unspecified atom stereocenters. The summed E-state index contributed by atoms with van der Waals surface area (Å²) in [4.78, 5) is 17.9. The van der Waals surface area contributed by atoms with Gasteiger partial charge in [0, 0.05) is 45.3 Å². The summed E-state index contributed by atoms with van der Waals surface area (Å²) in [6.07, 6.45) is 9.38. The third-order valence-electron chi connectivity index (χ3n) is 7.66. The molecule has 0 atom stereocenters. The van der Waals surface area contributed by atoms with Crippen molar-refractivity contribution in [3.8, 4) is 0 Å². The number of anilines is 1. The Labute approximate surface area is 167 Å². The molecule has 2 N–H and O–H groups in total. The molecular formula is C21H33N5O2. The fourth-order valence-corrected chi connectivity index (χ4v) is 6.86. The largest absolute Gasteiger partial charge is 0.395 e. The summed E-state index contributed by atoms with van der Waals surface area (Å²) in [5, 5.41) is 17.1. The standard InChI is InChI=1S/C21H33N5O2/c1-24-20(26-4-2-25(3-5-26)6-7-27)18(14-22-24)19(28)23-21-11-15-8-16(12-21)10-17(9-15)13-21/h14-17,27H,2-13H2,1H3,(H,23,28). The molecule has 2 heterocycles. The lowest BCUT2D eigenvalue weighted by molar-refractivity contribution is -0.0166. The summed E-state index contributed by atoms with van der Waals surface area (Å²) in [6.45, 7) is 4.45. The van der Waals surface area contributed by atoms with Gasteiger partial charge in [-0.05, 0) is 56.3 Å². The fraction of sp³-hybridized carbons (Fsp3) is 0.810.